The Morgan fingerprint density at radius 2 is 1.96 bits per heavy atom. The fourth-order valence-electron chi connectivity index (χ4n) is 7.59. The summed E-state index contributed by atoms with van der Waals surface area (Å²) in [6.07, 6.45) is 15.9. The highest BCUT2D eigenvalue weighted by Crippen LogP contribution is 2.66. The second-order valence-corrected chi connectivity index (χ2v) is 9.70. The van der Waals surface area contributed by atoms with E-state index in [1.807, 2.05) is 5.57 Å². The van der Waals surface area contributed by atoms with E-state index in [2.05, 4.69) is 26.8 Å². The maximum atomic E-state index is 10.6. The van der Waals surface area contributed by atoms with E-state index in [0.29, 0.717) is 5.41 Å². The Labute approximate surface area is 142 Å². The average Bonchev–Trinajstić information content (AvgIpc) is 2.83. The number of rotatable bonds is 2. The normalized spacial score (nSPS) is 52.3. The van der Waals surface area contributed by atoms with Crippen LogP contribution in [0, 0.1) is 34.5 Å². The molecule has 0 aromatic rings. The number of hydrogen-bond acceptors (Lipinski definition) is 1. The van der Waals surface area contributed by atoms with Gasteiger partial charge in [0.25, 0.3) is 0 Å². The van der Waals surface area contributed by atoms with E-state index in [-0.39, 0.29) is 11.5 Å². The second kappa shape index (κ2) is 5.61. The first-order valence-electron chi connectivity index (χ1n) is 10.4. The standard InChI is InChI=1S/C22H36O/c1-4-7-15-14-16-18-9-10-20(23)22(18,3)13-11-19(16)21(2)12-6-5-8-17(15)21/h8,15-16,18-20,23H,4-7,9-14H2,1-3H3/t15-,16+,18+,19+,20?,21+,22+/m1/s1. The van der Waals surface area contributed by atoms with Crippen LogP contribution in [0.25, 0.3) is 0 Å². The molecule has 130 valence electrons. The van der Waals surface area contributed by atoms with Crippen molar-refractivity contribution in [1.82, 2.24) is 0 Å². The van der Waals surface area contributed by atoms with Crippen molar-refractivity contribution in [1.29, 1.82) is 0 Å². The lowest BCUT2D eigenvalue weighted by Gasteiger charge is -2.60. The highest BCUT2D eigenvalue weighted by molar-refractivity contribution is 5.26. The van der Waals surface area contributed by atoms with Crippen molar-refractivity contribution in [3.05, 3.63) is 11.6 Å². The van der Waals surface area contributed by atoms with Gasteiger partial charge in [-0.2, -0.15) is 0 Å². The molecule has 3 saturated carbocycles. The molecule has 0 aliphatic heterocycles. The molecule has 1 heteroatoms. The van der Waals surface area contributed by atoms with Crippen molar-refractivity contribution in [2.45, 2.75) is 91.1 Å². The number of aliphatic hydroxyl groups excluding tert-OH is 1. The molecule has 0 heterocycles. The van der Waals surface area contributed by atoms with Crippen LogP contribution >= 0.6 is 0 Å². The van der Waals surface area contributed by atoms with Crippen LogP contribution in [0.2, 0.25) is 0 Å². The van der Waals surface area contributed by atoms with Gasteiger partial charge in [-0.05, 0) is 92.3 Å². The Morgan fingerprint density at radius 1 is 1.13 bits per heavy atom. The zero-order chi connectivity index (χ0) is 16.2. The maximum Gasteiger partial charge on any atom is 0.0596 e. The summed E-state index contributed by atoms with van der Waals surface area (Å²) in [6.45, 7) is 7.39. The van der Waals surface area contributed by atoms with Crippen molar-refractivity contribution in [2.24, 2.45) is 34.5 Å². The summed E-state index contributed by atoms with van der Waals surface area (Å²) in [4.78, 5) is 0. The Bertz CT molecular complexity index is 494. The molecule has 4 aliphatic rings. The molecular weight excluding hydrogens is 280 g/mol. The van der Waals surface area contributed by atoms with E-state index >= 15 is 0 Å². The molecule has 0 bridgehead atoms. The predicted molar refractivity (Wildman–Crippen MR) is 96.1 cm³/mol. The quantitative estimate of drug-likeness (QED) is 0.645. The van der Waals surface area contributed by atoms with Gasteiger partial charge < -0.3 is 5.11 Å². The first kappa shape index (κ1) is 16.2. The molecule has 0 radical (unpaired) electrons. The lowest BCUT2D eigenvalue weighted by Crippen LogP contribution is -2.52. The van der Waals surface area contributed by atoms with Crippen molar-refractivity contribution in [3.8, 4) is 0 Å². The molecule has 0 aromatic carbocycles. The molecule has 4 aliphatic carbocycles. The summed E-state index contributed by atoms with van der Waals surface area (Å²) in [7, 11) is 0. The van der Waals surface area contributed by atoms with E-state index in [1.54, 1.807) is 0 Å². The molecule has 0 amide bonds. The molecular formula is C22H36O. The average molecular weight is 317 g/mol. The zero-order valence-electron chi connectivity index (χ0n) is 15.5. The molecule has 3 fully saturated rings. The van der Waals surface area contributed by atoms with Crippen LogP contribution in [-0.2, 0) is 0 Å². The zero-order valence-corrected chi connectivity index (χ0v) is 15.5. The number of allylic oxidation sites excluding steroid dienone is 2. The van der Waals surface area contributed by atoms with Gasteiger partial charge in [0.1, 0.15) is 0 Å². The Kier molecular flexibility index (Phi) is 3.95. The maximum absolute atomic E-state index is 10.6. The number of aliphatic hydroxyl groups is 1. The third kappa shape index (κ3) is 2.21. The van der Waals surface area contributed by atoms with Gasteiger partial charge in [-0.1, -0.05) is 38.8 Å². The monoisotopic (exact) mass is 316 g/mol. The van der Waals surface area contributed by atoms with Crippen LogP contribution in [0.4, 0.5) is 0 Å². The van der Waals surface area contributed by atoms with Gasteiger partial charge in [0.15, 0.2) is 0 Å². The van der Waals surface area contributed by atoms with E-state index in [0.717, 1.165) is 30.1 Å². The molecule has 0 spiro atoms. The molecule has 0 aromatic heterocycles. The fourth-order valence-corrected chi connectivity index (χ4v) is 7.59. The van der Waals surface area contributed by atoms with Crippen molar-refractivity contribution in [2.75, 3.05) is 0 Å². The van der Waals surface area contributed by atoms with Gasteiger partial charge in [-0.25, -0.2) is 0 Å². The van der Waals surface area contributed by atoms with E-state index < -0.39 is 0 Å². The van der Waals surface area contributed by atoms with Crippen LogP contribution in [0.5, 0.6) is 0 Å². The minimum absolute atomic E-state index is 0.0332. The molecule has 7 atom stereocenters. The SMILES string of the molecule is CCC[C@@H]1C[C@@H]2[C@H](CC[C@]3(C)C(O)CC[C@@H]23)[C@@]2(C)CCCC=C12. The smallest absolute Gasteiger partial charge is 0.0596 e. The minimum atomic E-state index is -0.0332. The van der Waals surface area contributed by atoms with E-state index in [9.17, 15) is 5.11 Å². The van der Waals surface area contributed by atoms with Gasteiger partial charge in [-0.15, -0.1) is 0 Å². The first-order valence-corrected chi connectivity index (χ1v) is 10.4. The first-order chi connectivity index (χ1) is 11.0. The van der Waals surface area contributed by atoms with Gasteiger partial charge in [0.2, 0.25) is 0 Å². The van der Waals surface area contributed by atoms with Crippen LogP contribution in [0.15, 0.2) is 11.6 Å². The van der Waals surface area contributed by atoms with Gasteiger partial charge in [0.05, 0.1) is 6.10 Å². The number of hydrogen-bond donors (Lipinski definition) is 1. The second-order valence-electron chi connectivity index (χ2n) is 9.70. The van der Waals surface area contributed by atoms with E-state index in [1.165, 1.54) is 57.8 Å². The van der Waals surface area contributed by atoms with Crippen molar-refractivity contribution >= 4 is 0 Å². The van der Waals surface area contributed by atoms with Crippen LogP contribution < -0.4 is 0 Å². The van der Waals surface area contributed by atoms with Crippen molar-refractivity contribution < 1.29 is 5.11 Å². The Hall–Kier alpha value is -0.300. The fraction of sp³-hybridized carbons (Fsp3) is 0.909. The summed E-state index contributed by atoms with van der Waals surface area (Å²) in [5, 5.41) is 10.6. The van der Waals surface area contributed by atoms with Gasteiger partial charge in [-0.3, -0.25) is 0 Å². The Morgan fingerprint density at radius 3 is 2.74 bits per heavy atom. The predicted octanol–water partition coefficient (Wildman–Crippen LogP) is 5.73. The van der Waals surface area contributed by atoms with Gasteiger partial charge in [0, 0.05) is 0 Å². The summed E-state index contributed by atoms with van der Waals surface area (Å²) in [5.41, 5.74) is 2.56. The lowest BCUT2D eigenvalue weighted by atomic mass is 9.45. The summed E-state index contributed by atoms with van der Waals surface area (Å²) in [6, 6.07) is 0. The molecule has 23 heavy (non-hydrogen) atoms. The summed E-state index contributed by atoms with van der Waals surface area (Å²) < 4.78 is 0. The molecule has 1 unspecified atom stereocenters. The van der Waals surface area contributed by atoms with Crippen LogP contribution in [0.1, 0.15) is 85.0 Å². The third-order valence-corrected chi connectivity index (χ3v) is 8.76. The van der Waals surface area contributed by atoms with Gasteiger partial charge >= 0.3 is 0 Å². The highest BCUT2D eigenvalue weighted by atomic mass is 16.3. The highest BCUT2D eigenvalue weighted by Gasteiger charge is 2.59. The van der Waals surface area contributed by atoms with E-state index in [4.69, 9.17) is 0 Å². The summed E-state index contributed by atoms with van der Waals surface area (Å²) in [5.74, 6) is 3.40. The van der Waals surface area contributed by atoms with Crippen molar-refractivity contribution in [3.63, 3.8) is 0 Å². The van der Waals surface area contributed by atoms with Crippen LogP contribution in [0.3, 0.4) is 0 Å². The number of fused-ring (bicyclic) bond motifs is 5. The lowest BCUT2D eigenvalue weighted by molar-refractivity contribution is -0.0831. The molecule has 4 rings (SSSR count). The summed E-state index contributed by atoms with van der Waals surface area (Å²) >= 11 is 0. The third-order valence-electron chi connectivity index (χ3n) is 8.76. The topological polar surface area (TPSA) is 20.2 Å². The largest absolute Gasteiger partial charge is 0.393 e. The molecule has 1 N–H and O–H groups in total. The minimum Gasteiger partial charge on any atom is -0.393 e. The van der Waals surface area contributed by atoms with Crippen LogP contribution in [-0.4, -0.2) is 11.2 Å². The molecule has 1 nitrogen and oxygen atoms in total. The Balaban J connectivity index is 1.71. The molecule has 0 saturated heterocycles.